The molecule has 1 aromatic carbocycles. The largest absolute Gasteiger partial charge is 0.465 e. The average molecular weight is 305 g/mol. The molecule has 0 atom stereocenters. The number of hydrogen-bond donors (Lipinski definition) is 0. The second-order valence-corrected chi connectivity index (χ2v) is 4.97. The number of aromatic nitrogens is 1. The Morgan fingerprint density at radius 1 is 1.33 bits per heavy atom. The van der Waals surface area contributed by atoms with E-state index in [1.54, 1.807) is 5.38 Å². The Kier molecular flexibility index (Phi) is 3.61. The monoisotopic (exact) mass is 303 g/mol. The van der Waals surface area contributed by atoms with Crippen LogP contribution in [0.25, 0.3) is 0 Å². The summed E-state index contributed by atoms with van der Waals surface area (Å²) in [5.74, 6) is 0. The van der Waals surface area contributed by atoms with Gasteiger partial charge in [0, 0.05) is 9.85 Å². The van der Waals surface area contributed by atoms with Crippen LogP contribution in [0.4, 0.5) is 0 Å². The first-order valence-corrected chi connectivity index (χ1v) is 6.27. The van der Waals surface area contributed by atoms with Gasteiger partial charge in [-0.15, -0.1) is 0 Å². The SMILES string of the molecule is Clc1csc(OCc2ccc(Br)cc2)n1. The van der Waals surface area contributed by atoms with Gasteiger partial charge in [0.1, 0.15) is 11.8 Å². The number of thiazole rings is 1. The smallest absolute Gasteiger partial charge is 0.274 e. The fraction of sp³-hybridized carbons (Fsp3) is 0.100. The van der Waals surface area contributed by atoms with E-state index >= 15 is 0 Å². The predicted octanol–water partition coefficient (Wildman–Crippen LogP) is 4.14. The van der Waals surface area contributed by atoms with Gasteiger partial charge in [0.25, 0.3) is 5.19 Å². The number of ether oxygens (including phenoxy) is 1. The molecule has 5 heteroatoms. The zero-order valence-electron chi connectivity index (χ0n) is 7.61. The molecule has 2 aromatic rings. The summed E-state index contributed by atoms with van der Waals surface area (Å²) in [6, 6.07) is 7.96. The molecule has 15 heavy (non-hydrogen) atoms. The normalized spacial score (nSPS) is 10.3. The van der Waals surface area contributed by atoms with Crippen molar-refractivity contribution >= 4 is 38.9 Å². The zero-order valence-corrected chi connectivity index (χ0v) is 10.8. The van der Waals surface area contributed by atoms with Gasteiger partial charge < -0.3 is 4.74 Å². The summed E-state index contributed by atoms with van der Waals surface area (Å²) in [4.78, 5) is 4.00. The van der Waals surface area contributed by atoms with Crippen LogP contribution in [-0.2, 0) is 6.61 Å². The standard InChI is InChI=1S/C10H7BrClNOS/c11-8-3-1-7(2-4-8)5-14-10-13-9(12)6-15-10/h1-4,6H,5H2. The minimum atomic E-state index is 0.478. The van der Waals surface area contributed by atoms with Crippen LogP contribution in [0.15, 0.2) is 34.1 Å². The van der Waals surface area contributed by atoms with E-state index in [-0.39, 0.29) is 0 Å². The molecule has 0 spiro atoms. The molecule has 0 bridgehead atoms. The van der Waals surface area contributed by atoms with Crippen LogP contribution in [0.5, 0.6) is 5.19 Å². The summed E-state index contributed by atoms with van der Waals surface area (Å²) in [5, 5.41) is 2.83. The molecular weight excluding hydrogens is 298 g/mol. The van der Waals surface area contributed by atoms with E-state index in [0.717, 1.165) is 10.0 Å². The maximum atomic E-state index is 5.68. The third kappa shape index (κ3) is 3.19. The second kappa shape index (κ2) is 4.96. The summed E-state index contributed by atoms with van der Waals surface area (Å²) in [6.45, 7) is 0.511. The summed E-state index contributed by atoms with van der Waals surface area (Å²) < 4.78 is 6.52. The first-order valence-electron chi connectivity index (χ1n) is 4.22. The fourth-order valence-electron chi connectivity index (χ4n) is 1.03. The van der Waals surface area contributed by atoms with Crippen LogP contribution >= 0.6 is 38.9 Å². The Morgan fingerprint density at radius 3 is 2.67 bits per heavy atom. The molecule has 0 radical (unpaired) electrons. The van der Waals surface area contributed by atoms with Gasteiger partial charge in [-0.05, 0) is 17.7 Å². The predicted molar refractivity (Wildman–Crippen MR) is 65.6 cm³/mol. The average Bonchev–Trinajstić information content (AvgIpc) is 2.64. The number of benzene rings is 1. The van der Waals surface area contributed by atoms with Gasteiger partial charge in [-0.25, -0.2) is 0 Å². The van der Waals surface area contributed by atoms with E-state index in [4.69, 9.17) is 16.3 Å². The van der Waals surface area contributed by atoms with Crippen molar-refractivity contribution in [2.45, 2.75) is 6.61 Å². The van der Waals surface area contributed by atoms with Crippen molar-refractivity contribution in [2.75, 3.05) is 0 Å². The molecule has 1 heterocycles. The molecule has 0 N–H and O–H groups in total. The Hall–Kier alpha value is -0.580. The van der Waals surface area contributed by atoms with Crippen molar-refractivity contribution in [3.05, 3.63) is 44.8 Å². The maximum absolute atomic E-state index is 5.68. The quantitative estimate of drug-likeness (QED) is 0.850. The summed E-state index contributed by atoms with van der Waals surface area (Å²) in [5.41, 5.74) is 1.10. The van der Waals surface area contributed by atoms with Crippen molar-refractivity contribution in [2.24, 2.45) is 0 Å². The first-order chi connectivity index (χ1) is 7.24. The lowest BCUT2D eigenvalue weighted by molar-refractivity contribution is 0.304. The summed E-state index contributed by atoms with van der Waals surface area (Å²) in [7, 11) is 0. The van der Waals surface area contributed by atoms with Gasteiger partial charge in [0.2, 0.25) is 0 Å². The Bertz CT molecular complexity index is 443. The van der Waals surface area contributed by atoms with Crippen molar-refractivity contribution in [3.8, 4) is 5.19 Å². The third-order valence-corrected chi connectivity index (χ3v) is 3.33. The van der Waals surface area contributed by atoms with Gasteiger partial charge in [-0.3, -0.25) is 0 Å². The molecule has 78 valence electrons. The third-order valence-electron chi connectivity index (χ3n) is 1.73. The van der Waals surface area contributed by atoms with E-state index < -0.39 is 0 Å². The minimum Gasteiger partial charge on any atom is -0.465 e. The van der Waals surface area contributed by atoms with Crippen molar-refractivity contribution in [1.82, 2.24) is 4.98 Å². The molecule has 0 amide bonds. The lowest BCUT2D eigenvalue weighted by atomic mass is 10.2. The molecule has 0 saturated carbocycles. The topological polar surface area (TPSA) is 22.1 Å². The van der Waals surface area contributed by atoms with Gasteiger partial charge in [-0.1, -0.05) is 51.0 Å². The van der Waals surface area contributed by atoms with Crippen LogP contribution in [-0.4, -0.2) is 4.98 Å². The molecule has 0 aliphatic carbocycles. The van der Waals surface area contributed by atoms with E-state index in [0.29, 0.717) is 17.0 Å². The van der Waals surface area contributed by atoms with Gasteiger partial charge in [0.15, 0.2) is 0 Å². The minimum absolute atomic E-state index is 0.478. The highest BCUT2D eigenvalue weighted by atomic mass is 79.9. The van der Waals surface area contributed by atoms with E-state index in [2.05, 4.69) is 20.9 Å². The molecule has 2 nitrogen and oxygen atoms in total. The lowest BCUT2D eigenvalue weighted by Crippen LogP contribution is -1.94. The highest BCUT2D eigenvalue weighted by molar-refractivity contribution is 9.10. The van der Waals surface area contributed by atoms with E-state index in [1.165, 1.54) is 11.3 Å². The van der Waals surface area contributed by atoms with Crippen LogP contribution in [0.1, 0.15) is 5.56 Å². The van der Waals surface area contributed by atoms with Gasteiger partial charge in [-0.2, -0.15) is 4.98 Å². The Labute approximate surface area is 105 Å². The number of hydrogen-bond acceptors (Lipinski definition) is 3. The molecule has 0 aliphatic heterocycles. The Morgan fingerprint density at radius 2 is 2.07 bits per heavy atom. The molecule has 0 unspecified atom stereocenters. The van der Waals surface area contributed by atoms with Crippen LogP contribution < -0.4 is 4.74 Å². The number of halogens is 2. The fourth-order valence-corrected chi connectivity index (χ4v) is 2.08. The van der Waals surface area contributed by atoms with Crippen LogP contribution in [0.2, 0.25) is 5.15 Å². The van der Waals surface area contributed by atoms with Crippen molar-refractivity contribution in [3.63, 3.8) is 0 Å². The highest BCUT2D eigenvalue weighted by Crippen LogP contribution is 2.22. The maximum Gasteiger partial charge on any atom is 0.274 e. The molecule has 1 aromatic heterocycles. The van der Waals surface area contributed by atoms with E-state index in [9.17, 15) is 0 Å². The first kappa shape index (κ1) is 10.9. The van der Waals surface area contributed by atoms with Crippen LogP contribution in [0.3, 0.4) is 0 Å². The number of nitrogens with zero attached hydrogens (tertiary/aromatic N) is 1. The van der Waals surface area contributed by atoms with Gasteiger partial charge >= 0.3 is 0 Å². The van der Waals surface area contributed by atoms with Crippen molar-refractivity contribution in [1.29, 1.82) is 0 Å². The van der Waals surface area contributed by atoms with Crippen molar-refractivity contribution < 1.29 is 4.74 Å². The zero-order chi connectivity index (χ0) is 10.7. The molecule has 0 aliphatic rings. The van der Waals surface area contributed by atoms with Crippen LogP contribution in [0, 0.1) is 0 Å². The van der Waals surface area contributed by atoms with E-state index in [1.807, 2.05) is 24.3 Å². The molecule has 0 saturated heterocycles. The second-order valence-electron chi connectivity index (χ2n) is 2.85. The molecular formula is C10H7BrClNOS. The Balaban J connectivity index is 1.96. The summed E-state index contributed by atoms with van der Waals surface area (Å²) in [6.07, 6.45) is 0. The molecule has 2 rings (SSSR count). The molecule has 0 fully saturated rings. The van der Waals surface area contributed by atoms with Gasteiger partial charge in [0.05, 0.1) is 0 Å². The highest BCUT2D eigenvalue weighted by Gasteiger charge is 2.00. The lowest BCUT2D eigenvalue weighted by Gasteiger charge is -2.01. The summed E-state index contributed by atoms with van der Waals surface area (Å²) >= 11 is 10.4. The number of rotatable bonds is 3.